The number of carbonyl (C=O) groups excluding carboxylic acids is 1. The number of hydrogen-bond acceptors (Lipinski definition) is 6. The van der Waals surface area contributed by atoms with Crippen molar-refractivity contribution in [3.05, 3.63) is 82.5 Å². The van der Waals surface area contributed by atoms with Gasteiger partial charge in [0.15, 0.2) is 23.1 Å². The molecule has 0 atom stereocenters. The fraction of sp³-hybridized carbons (Fsp3) is 0.0870. The van der Waals surface area contributed by atoms with Gasteiger partial charge in [-0.25, -0.2) is 8.78 Å². The zero-order valence-electron chi connectivity index (χ0n) is 16.7. The third kappa shape index (κ3) is 4.79. The number of hydrogen-bond donors (Lipinski definition) is 1. The van der Waals surface area contributed by atoms with Gasteiger partial charge in [-0.3, -0.25) is 9.78 Å². The molecule has 0 saturated carbocycles. The summed E-state index contributed by atoms with van der Waals surface area (Å²) >= 11 is 6.17. The van der Waals surface area contributed by atoms with Crippen molar-refractivity contribution in [3.8, 4) is 22.6 Å². The van der Waals surface area contributed by atoms with Gasteiger partial charge in [0.1, 0.15) is 10.9 Å². The molecule has 0 unspecified atom stereocenters. The first-order valence-electron chi connectivity index (χ1n) is 9.39. The predicted octanol–water partition coefficient (Wildman–Crippen LogP) is 5.10. The number of carbonyl (C=O) groups is 1. The highest BCUT2D eigenvalue weighted by Crippen LogP contribution is 2.41. The van der Waals surface area contributed by atoms with E-state index in [4.69, 9.17) is 21.7 Å². The van der Waals surface area contributed by atoms with Crippen LogP contribution in [-0.2, 0) is 11.4 Å². The van der Waals surface area contributed by atoms with Crippen molar-refractivity contribution in [2.45, 2.75) is 6.61 Å². The summed E-state index contributed by atoms with van der Waals surface area (Å²) in [5.41, 5.74) is 2.15. The van der Waals surface area contributed by atoms with Gasteiger partial charge >= 0.3 is 0 Å². The van der Waals surface area contributed by atoms with Crippen LogP contribution < -0.4 is 14.8 Å². The normalized spacial score (nSPS) is 14.5. The van der Waals surface area contributed by atoms with E-state index in [0.717, 1.165) is 23.9 Å². The molecule has 1 aliphatic heterocycles. The van der Waals surface area contributed by atoms with E-state index in [9.17, 15) is 13.6 Å². The maximum atomic E-state index is 14.0. The molecule has 1 saturated heterocycles. The van der Waals surface area contributed by atoms with E-state index in [1.54, 1.807) is 36.5 Å². The summed E-state index contributed by atoms with van der Waals surface area (Å²) in [7, 11) is 1.47. The van der Waals surface area contributed by atoms with Crippen molar-refractivity contribution in [2.24, 2.45) is 0 Å². The molecule has 1 aliphatic rings. The van der Waals surface area contributed by atoms with E-state index in [-0.39, 0.29) is 12.5 Å². The number of nitrogens with zero attached hydrogens (tertiary/aromatic N) is 1. The second-order valence-electron chi connectivity index (χ2n) is 6.69. The van der Waals surface area contributed by atoms with Crippen LogP contribution in [-0.4, -0.2) is 22.3 Å². The first-order chi connectivity index (χ1) is 15.4. The second kappa shape index (κ2) is 9.46. The minimum absolute atomic E-state index is 0.140. The number of methoxy groups -OCH3 is 1. The summed E-state index contributed by atoms with van der Waals surface area (Å²) in [6, 6.07) is 12.4. The van der Waals surface area contributed by atoms with Gasteiger partial charge in [-0.2, -0.15) is 0 Å². The molecule has 0 radical (unpaired) electrons. The fourth-order valence-electron chi connectivity index (χ4n) is 3.09. The first kappa shape index (κ1) is 21.9. The predicted molar refractivity (Wildman–Crippen MR) is 123 cm³/mol. The number of thioether (sulfide) groups is 1. The second-order valence-corrected chi connectivity index (χ2v) is 8.41. The molecule has 3 aromatic rings. The number of aromatic nitrogens is 1. The van der Waals surface area contributed by atoms with Crippen LogP contribution in [0.4, 0.5) is 8.78 Å². The standard InChI is InChI=1S/C23H16F2N2O3S2/c1-29-19-9-13(10-20-22(28)27-23(31)32-20)8-16(14-5-6-17(24)18(25)11-14)21(19)30-12-15-4-2-3-7-26-15/h2-11H,12H2,1H3,(H,27,28,31)/b20-10-. The van der Waals surface area contributed by atoms with Gasteiger partial charge < -0.3 is 14.8 Å². The minimum atomic E-state index is -0.989. The van der Waals surface area contributed by atoms with Crippen molar-refractivity contribution in [1.82, 2.24) is 10.3 Å². The van der Waals surface area contributed by atoms with Gasteiger partial charge in [0.2, 0.25) is 0 Å². The van der Waals surface area contributed by atoms with Crippen molar-refractivity contribution in [2.75, 3.05) is 7.11 Å². The smallest absolute Gasteiger partial charge is 0.263 e. The van der Waals surface area contributed by atoms with Gasteiger partial charge in [-0.1, -0.05) is 36.1 Å². The molecule has 0 bridgehead atoms. The zero-order valence-corrected chi connectivity index (χ0v) is 18.4. The van der Waals surface area contributed by atoms with E-state index in [1.165, 1.54) is 13.2 Å². The number of amides is 1. The maximum absolute atomic E-state index is 14.0. The van der Waals surface area contributed by atoms with E-state index in [2.05, 4.69) is 10.3 Å². The summed E-state index contributed by atoms with van der Waals surface area (Å²) in [6.45, 7) is 0.140. The van der Waals surface area contributed by atoms with E-state index < -0.39 is 11.6 Å². The number of ether oxygens (including phenoxy) is 2. The SMILES string of the molecule is COc1cc(/C=C2\SC(=S)NC2=O)cc(-c2ccc(F)c(F)c2)c1OCc1ccccn1. The van der Waals surface area contributed by atoms with Crippen molar-refractivity contribution >= 4 is 40.3 Å². The summed E-state index contributed by atoms with van der Waals surface area (Å²) in [5.74, 6) is -1.55. The number of rotatable bonds is 6. The highest BCUT2D eigenvalue weighted by molar-refractivity contribution is 8.26. The maximum Gasteiger partial charge on any atom is 0.263 e. The van der Waals surface area contributed by atoms with Crippen LogP contribution in [0.1, 0.15) is 11.3 Å². The van der Waals surface area contributed by atoms with Crippen LogP contribution in [0, 0.1) is 11.6 Å². The van der Waals surface area contributed by atoms with E-state index in [0.29, 0.717) is 43.1 Å². The topological polar surface area (TPSA) is 60.5 Å². The lowest BCUT2D eigenvalue weighted by molar-refractivity contribution is -0.115. The number of halogens is 2. The molecule has 2 heterocycles. The lowest BCUT2D eigenvalue weighted by Gasteiger charge is -2.17. The average molecular weight is 471 g/mol. The fourth-order valence-corrected chi connectivity index (χ4v) is 4.13. The van der Waals surface area contributed by atoms with Crippen LogP contribution in [0.25, 0.3) is 17.2 Å². The summed E-state index contributed by atoms with van der Waals surface area (Å²) in [6.07, 6.45) is 3.30. The molecular weight excluding hydrogens is 454 g/mol. The van der Waals surface area contributed by atoms with Crippen molar-refractivity contribution < 1.29 is 23.0 Å². The Morgan fingerprint density at radius 3 is 2.66 bits per heavy atom. The lowest BCUT2D eigenvalue weighted by atomic mass is 10.00. The summed E-state index contributed by atoms with van der Waals surface area (Å²) in [5, 5.41) is 2.56. The Morgan fingerprint density at radius 1 is 1.16 bits per heavy atom. The van der Waals surface area contributed by atoms with Gasteiger partial charge in [0, 0.05) is 11.8 Å². The largest absolute Gasteiger partial charge is 0.493 e. The van der Waals surface area contributed by atoms with Crippen molar-refractivity contribution in [1.29, 1.82) is 0 Å². The third-order valence-corrected chi connectivity index (χ3v) is 5.72. The van der Waals surface area contributed by atoms with Crippen LogP contribution in [0.3, 0.4) is 0 Å². The molecule has 162 valence electrons. The van der Waals surface area contributed by atoms with Gasteiger partial charge in [0.25, 0.3) is 5.91 Å². The minimum Gasteiger partial charge on any atom is -0.493 e. The summed E-state index contributed by atoms with van der Waals surface area (Å²) < 4.78 is 39.5. The Balaban J connectivity index is 1.81. The molecule has 4 rings (SSSR count). The number of thiocarbonyl (C=S) groups is 1. The number of nitrogens with one attached hydrogen (secondary N) is 1. The molecule has 0 aliphatic carbocycles. The molecule has 1 aromatic heterocycles. The first-order valence-corrected chi connectivity index (χ1v) is 10.6. The number of pyridine rings is 1. The van der Waals surface area contributed by atoms with Crippen LogP contribution in [0.15, 0.2) is 59.6 Å². The highest BCUT2D eigenvalue weighted by atomic mass is 32.2. The Morgan fingerprint density at radius 2 is 2.00 bits per heavy atom. The molecule has 1 N–H and O–H groups in total. The average Bonchev–Trinajstić information content (AvgIpc) is 3.11. The molecular formula is C23H16F2N2O3S2. The quantitative estimate of drug-likeness (QED) is 0.399. The monoisotopic (exact) mass is 470 g/mol. The molecule has 0 spiro atoms. The van der Waals surface area contributed by atoms with Crippen LogP contribution in [0.2, 0.25) is 0 Å². The van der Waals surface area contributed by atoms with Crippen molar-refractivity contribution in [3.63, 3.8) is 0 Å². The molecule has 1 fully saturated rings. The molecule has 32 heavy (non-hydrogen) atoms. The van der Waals surface area contributed by atoms with E-state index >= 15 is 0 Å². The summed E-state index contributed by atoms with van der Waals surface area (Å²) in [4.78, 5) is 16.7. The van der Waals surface area contributed by atoms with E-state index in [1.807, 2.05) is 6.07 Å². The van der Waals surface area contributed by atoms with Crippen LogP contribution in [0.5, 0.6) is 11.5 Å². The Bertz CT molecular complexity index is 1230. The zero-order chi connectivity index (χ0) is 22.7. The molecule has 2 aromatic carbocycles. The molecule has 1 amide bonds. The van der Waals surface area contributed by atoms with Gasteiger partial charge in [0.05, 0.1) is 17.7 Å². The number of benzene rings is 2. The lowest BCUT2D eigenvalue weighted by Crippen LogP contribution is -2.17. The Labute approximate surface area is 192 Å². The van der Waals surface area contributed by atoms with Crippen LogP contribution >= 0.6 is 24.0 Å². The molecule has 9 heteroatoms. The third-order valence-electron chi connectivity index (χ3n) is 4.56. The molecule has 5 nitrogen and oxygen atoms in total. The van der Waals surface area contributed by atoms with Gasteiger partial charge in [-0.05, 0) is 53.6 Å². The highest BCUT2D eigenvalue weighted by Gasteiger charge is 2.23. The Kier molecular flexibility index (Phi) is 6.48. The van der Waals surface area contributed by atoms with Gasteiger partial charge in [-0.15, -0.1) is 0 Å². The Hall–Kier alpha value is -3.30.